The van der Waals surface area contributed by atoms with Gasteiger partial charge in [-0.15, -0.1) is 0 Å². The maximum Gasteiger partial charge on any atom is 0.136 e. The van der Waals surface area contributed by atoms with Crippen LogP contribution >= 0.6 is 0 Å². The smallest absolute Gasteiger partial charge is 0.136 e. The van der Waals surface area contributed by atoms with E-state index in [2.05, 4.69) is 70.5 Å². The van der Waals surface area contributed by atoms with Crippen LogP contribution in [0.25, 0.3) is 0 Å². The van der Waals surface area contributed by atoms with Gasteiger partial charge in [-0.2, -0.15) is 0 Å². The third-order valence-corrected chi connectivity index (χ3v) is 3.68. The van der Waals surface area contributed by atoms with E-state index in [4.69, 9.17) is 5.73 Å². The van der Waals surface area contributed by atoms with Gasteiger partial charge in [-0.3, -0.25) is 0 Å². The lowest BCUT2D eigenvalue weighted by Crippen LogP contribution is -2.14. The van der Waals surface area contributed by atoms with Crippen molar-refractivity contribution in [1.82, 2.24) is 4.98 Å². The summed E-state index contributed by atoms with van der Waals surface area (Å²) in [5.74, 6) is 6.41. The number of anilines is 1. The van der Waals surface area contributed by atoms with Gasteiger partial charge in [-0.1, -0.05) is 44.4 Å². The Bertz CT molecular complexity index is 746. The van der Waals surface area contributed by atoms with Crippen LogP contribution in [-0.2, 0) is 5.41 Å². The molecule has 0 amide bonds. The first-order valence-corrected chi connectivity index (χ1v) is 7.55. The highest BCUT2D eigenvalue weighted by molar-refractivity contribution is 5.57. The molecular formula is C20H24N2. The van der Waals surface area contributed by atoms with Crippen molar-refractivity contribution in [2.24, 2.45) is 0 Å². The number of nitrogen functional groups attached to an aromatic ring is 1. The zero-order valence-corrected chi connectivity index (χ0v) is 14.3. The lowest BCUT2D eigenvalue weighted by molar-refractivity contribution is 0.568. The first-order valence-electron chi connectivity index (χ1n) is 7.55. The van der Waals surface area contributed by atoms with E-state index in [0.717, 1.165) is 11.3 Å². The van der Waals surface area contributed by atoms with Crippen molar-refractivity contribution in [3.05, 3.63) is 57.9 Å². The van der Waals surface area contributed by atoms with Crippen LogP contribution in [0.15, 0.2) is 24.3 Å². The molecule has 0 radical (unpaired) electrons. The summed E-state index contributed by atoms with van der Waals surface area (Å²) in [6.45, 7) is 12.7. The van der Waals surface area contributed by atoms with Crippen LogP contribution in [0.1, 0.15) is 54.4 Å². The minimum Gasteiger partial charge on any atom is -0.396 e. The molecule has 2 rings (SSSR count). The normalized spacial score (nSPS) is 11.0. The van der Waals surface area contributed by atoms with Crippen molar-refractivity contribution in [3.63, 3.8) is 0 Å². The number of nitrogens with zero attached hydrogens (tertiary/aromatic N) is 1. The fourth-order valence-corrected chi connectivity index (χ4v) is 2.49. The summed E-state index contributed by atoms with van der Waals surface area (Å²) in [6, 6.07) is 8.17. The van der Waals surface area contributed by atoms with E-state index in [0.29, 0.717) is 11.4 Å². The van der Waals surface area contributed by atoms with Crippen LogP contribution in [0, 0.1) is 32.6 Å². The summed E-state index contributed by atoms with van der Waals surface area (Å²) in [6.07, 6.45) is 0. The Balaban J connectivity index is 2.49. The molecule has 2 heteroatoms. The Morgan fingerprint density at radius 3 is 2.09 bits per heavy atom. The molecule has 0 unspecified atom stereocenters. The summed E-state index contributed by atoms with van der Waals surface area (Å²) < 4.78 is 0. The highest BCUT2D eigenvalue weighted by atomic mass is 14.8. The van der Waals surface area contributed by atoms with Crippen LogP contribution in [0.2, 0.25) is 0 Å². The average Bonchev–Trinajstić information content (AvgIpc) is 2.38. The van der Waals surface area contributed by atoms with E-state index in [1.807, 2.05) is 12.1 Å². The average molecular weight is 292 g/mol. The van der Waals surface area contributed by atoms with Gasteiger partial charge in [-0.05, 0) is 50.0 Å². The number of rotatable bonds is 0. The van der Waals surface area contributed by atoms with Crippen LogP contribution in [-0.4, -0.2) is 4.98 Å². The highest BCUT2D eigenvalue weighted by Gasteiger charge is 2.16. The number of hydrogen-bond acceptors (Lipinski definition) is 2. The minimum atomic E-state index is -0.0141. The van der Waals surface area contributed by atoms with Crippen LogP contribution in [0.5, 0.6) is 0 Å². The largest absolute Gasteiger partial charge is 0.396 e. The van der Waals surface area contributed by atoms with E-state index >= 15 is 0 Å². The van der Waals surface area contributed by atoms with Gasteiger partial charge in [-0.25, -0.2) is 4.98 Å². The molecule has 2 N–H and O–H groups in total. The first-order chi connectivity index (χ1) is 10.2. The Morgan fingerprint density at radius 1 is 0.955 bits per heavy atom. The van der Waals surface area contributed by atoms with Gasteiger partial charge in [0.1, 0.15) is 5.69 Å². The molecule has 0 aliphatic heterocycles. The zero-order chi connectivity index (χ0) is 16.5. The molecule has 0 aliphatic rings. The van der Waals surface area contributed by atoms with Crippen LogP contribution in [0.4, 0.5) is 5.69 Å². The Kier molecular flexibility index (Phi) is 4.28. The van der Waals surface area contributed by atoms with Crippen LogP contribution < -0.4 is 5.73 Å². The van der Waals surface area contributed by atoms with Gasteiger partial charge in [0.2, 0.25) is 0 Å². The molecule has 1 aromatic heterocycles. The summed E-state index contributed by atoms with van der Waals surface area (Å²) in [4.78, 5) is 4.64. The van der Waals surface area contributed by atoms with Gasteiger partial charge in [0.15, 0.2) is 0 Å². The molecule has 1 aromatic carbocycles. The van der Waals surface area contributed by atoms with Crippen molar-refractivity contribution in [3.8, 4) is 11.8 Å². The van der Waals surface area contributed by atoms with E-state index in [1.54, 1.807) is 0 Å². The second-order valence-electron chi connectivity index (χ2n) is 6.91. The molecule has 0 atom stereocenters. The van der Waals surface area contributed by atoms with Gasteiger partial charge in [0.25, 0.3) is 0 Å². The molecule has 0 fully saturated rings. The lowest BCUT2D eigenvalue weighted by atomic mass is 9.91. The van der Waals surface area contributed by atoms with Crippen molar-refractivity contribution < 1.29 is 0 Å². The molecule has 2 aromatic rings. The predicted molar refractivity (Wildman–Crippen MR) is 94.0 cm³/mol. The van der Waals surface area contributed by atoms with Crippen molar-refractivity contribution in [1.29, 1.82) is 0 Å². The number of nitrogens with two attached hydrogens (primary N) is 1. The molecule has 0 saturated heterocycles. The second-order valence-corrected chi connectivity index (χ2v) is 6.91. The van der Waals surface area contributed by atoms with Crippen molar-refractivity contribution >= 4 is 5.69 Å². The van der Waals surface area contributed by atoms with Gasteiger partial charge < -0.3 is 5.73 Å². The third kappa shape index (κ3) is 3.49. The molecule has 0 spiro atoms. The lowest BCUT2D eigenvalue weighted by Gasteiger charge is -2.18. The maximum absolute atomic E-state index is 6.03. The molecule has 2 nitrogen and oxygen atoms in total. The number of aromatic nitrogens is 1. The highest BCUT2D eigenvalue weighted by Crippen LogP contribution is 2.22. The molecule has 22 heavy (non-hydrogen) atoms. The summed E-state index contributed by atoms with van der Waals surface area (Å²) in [7, 11) is 0. The Morgan fingerprint density at radius 2 is 1.55 bits per heavy atom. The zero-order valence-electron chi connectivity index (χ0n) is 14.3. The standard InChI is InChI=1S/C20H24N2/c1-13-11-14(2)16(15(3)12-13)7-9-18-17(21)8-10-19(22-18)20(4,5)6/h8,10-12H,21H2,1-6H3. The van der Waals surface area contributed by atoms with E-state index in [9.17, 15) is 0 Å². The molecule has 0 bridgehead atoms. The molecule has 0 aliphatic carbocycles. The van der Waals surface area contributed by atoms with Crippen molar-refractivity contribution in [2.45, 2.75) is 47.0 Å². The predicted octanol–water partition coefficient (Wildman–Crippen LogP) is 4.29. The molecule has 0 saturated carbocycles. The summed E-state index contributed by atoms with van der Waals surface area (Å²) >= 11 is 0. The quantitative estimate of drug-likeness (QED) is 0.736. The Labute approximate surface area is 133 Å². The van der Waals surface area contributed by atoms with E-state index < -0.39 is 0 Å². The van der Waals surface area contributed by atoms with E-state index in [-0.39, 0.29) is 5.41 Å². The third-order valence-electron chi connectivity index (χ3n) is 3.68. The monoisotopic (exact) mass is 292 g/mol. The van der Waals surface area contributed by atoms with Gasteiger partial charge in [0.05, 0.1) is 5.69 Å². The van der Waals surface area contributed by atoms with Crippen molar-refractivity contribution in [2.75, 3.05) is 5.73 Å². The van der Waals surface area contributed by atoms with E-state index in [1.165, 1.54) is 16.7 Å². The molecular weight excluding hydrogens is 268 g/mol. The van der Waals surface area contributed by atoms with Gasteiger partial charge >= 0.3 is 0 Å². The maximum atomic E-state index is 6.03. The summed E-state index contributed by atoms with van der Waals surface area (Å²) in [5, 5.41) is 0. The Hall–Kier alpha value is -2.27. The number of hydrogen-bond donors (Lipinski definition) is 1. The number of aryl methyl sites for hydroxylation is 3. The van der Waals surface area contributed by atoms with Gasteiger partial charge in [0, 0.05) is 16.7 Å². The SMILES string of the molecule is Cc1cc(C)c(C#Cc2nc(C(C)(C)C)ccc2N)c(C)c1. The topological polar surface area (TPSA) is 38.9 Å². The molecule has 1 heterocycles. The fraction of sp³-hybridized carbons (Fsp3) is 0.350. The molecule has 114 valence electrons. The fourth-order valence-electron chi connectivity index (χ4n) is 2.49. The number of benzene rings is 1. The second kappa shape index (κ2) is 5.85. The summed E-state index contributed by atoms with van der Waals surface area (Å²) in [5.41, 5.74) is 13.0. The minimum absolute atomic E-state index is 0.0141. The van der Waals surface area contributed by atoms with Crippen LogP contribution in [0.3, 0.4) is 0 Å². The first kappa shape index (κ1) is 16.1. The number of pyridine rings is 1.